The van der Waals surface area contributed by atoms with Crippen molar-refractivity contribution in [3.05, 3.63) is 65.7 Å². The minimum Gasteiger partial charge on any atom is -0.445 e. The van der Waals surface area contributed by atoms with Crippen LogP contribution in [0.4, 0.5) is 4.79 Å². The molecule has 36 heavy (non-hydrogen) atoms. The van der Waals surface area contributed by atoms with Gasteiger partial charge in [-0.25, -0.2) is 4.79 Å². The predicted molar refractivity (Wildman–Crippen MR) is 132 cm³/mol. The Balaban J connectivity index is 1.31. The number of hydrogen-bond acceptors (Lipinski definition) is 9. The van der Waals surface area contributed by atoms with E-state index in [1.165, 1.54) is 12.1 Å². The van der Waals surface area contributed by atoms with Gasteiger partial charge >= 0.3 is 6.09 Å². The van der Waals surface area contributed by atoms with Crippen LogP contribution in [0.15, 0.2) is 59.5 Å². The summed E-state index contributed by atoms with van der Waals surface area (Å²) < 4.78 is 55.6. The smallest absolute Gasteiger partial charge is 0.407 e. The summed E-state index contributed by atoms with van der Waals surface area (Å²) in [4.78, 5) is 11.7. The number of carbonyl (C=O) groups excluding carboxylic acids is 1. The molecule has 0 heterocycles. The summed E-state index contributed by atoms with van der Waals surface area (Å²) in [6.07, 6.45) is -0.486. The van der Waals surface area contributed by atoms with E-state index in [9.17, 15) is 13.2 Å². The van der Waals surface area contributed by atoms with Gasteiger partial charge in [0.1, 0.15) is 6.61 Å². The summed E-state index contributed by atoms with van der Waals surface area (Å²) in [5, 5.41) is 2.62. The van der Waals surface area contributed by atoms with Crippen LogP contribution in [0.5, 0.6) is 0 Å². The van der Waals surface area contributed by atoms with Crippen molar-refractivity contribution in [2.45, 2.75) is 18.4 Å². The summed E-state index contributed by atoms with van der Waals surface area (Å²) in [6, 6.07) is 15.9. The van der Waals surface area contributed by atoms with Gasteiger partial charge in [-0.1, -0.05) is 48.0 Å². The lowest BCUT2D eigenvalue weighted by Gasteiger charge is -2.09. The Labute approximate surface area is 212 Å². The molecule has 0 spiro atoms. The molecule has 0 atom stereocenters. The molecule has 0 aromatic heterocycles. The van der Waals surface area contributed by atoms with E-state index in [0.29, 0.717) is 52.8 Å². The largest absolute Gasteiger partial charge is 0.445 e. The van der Waals surface area contributed by atoms with Crippen molar-refractivity contribution >= 4 is 16.2 Å². The van der Waals surface area contributed by atoms with Crippen LogP contribution in [0.25, 0.3) is 0 Å². The number of rotatable bonds is 19. The first kappa shape index (κ1) is 29.7. The van der Waals surface area contributed by atoms with Crippen LogP contribution in [-0.4, -0.2) is 80.5 Å². The Morgan fingerprint density at radius 2 is 1.25 bits per heavy atom. The zero-order valence-corrected chi connectivity index (χ0v) is 21.4. The third kappa shape index (κ3) is 13.5. The number of benzene rings is 2. The van der Waals surface area contributed by atoms with Gasteiger partial charge in [-0.3, -0.25) is 4.18 Å². The third-order valence-corrected chi connectivity index (χ3v) is 5.95. The summed E-state index contributed by atoms with van der Waals surface area (Å²) in [5.41, 5.74) is 1.90. The van der Waals surface area contributed by atoms with Crippen LogP contribution in [0.2, 0.25) is 0 Å². The van der Waals surface area contributed by atoms with Crippen LogP contribution < -0.4 is 5.32 Å². The number of nitrogens with one attached hydrogen (secondary N) is 1. The topological polar surface area (TPSA) is 119 Å². The summed E-state index contributed by atoms with van der Waals surface area (Å²) >= 11 is 0. The number of aryl methyl sites for hydroxylation is 1. The van der Waals surface area contributed by atoms with Crippen LogP contribution in [-0.2, 0) is 44.6 Å². The average Bonchev–Trinajstić information content (AvgIpc) is 2.88. The average molecular weight is 526 g/mol. The molecule has 0 saturated heterocycles. The number of amides is 1. The molecule has 0 saturated carbocycles. The Kier molecular flexibility index (Phi) is 14.7. The van der Waals surface area contributed by atoms with E-state index in [2.05, 4.69) is 5.32 Å². The molecule has 1 amide bonds. The monoisotopic (exact) mass is 525 g/mol. The van der Waals surface area contributed by atoms with Crippen molar-refractivity contribution in [2.75, 3.05) is 66.0 Å². The Morgan fingerprint density at radius 1 is 0.722 bits per heavy atom. The maximum Gasteiger partial charge on any atom is 0.407 e. The van der Waals surface area contributed by atoms with Gasteiger partial charge in [0.15, 0.2) is 0 Å². The fraction of sp³-hybridized carbons (Fsp3) is 0.480. The molecule has 0 aliphatic carbocycles. The van der Waals surface area contributed by atoms with Gasteiger partial charge < -0.3 is 29.0 Å². The van der Waals surface area contributed by atoms with Crippen molar-refractivity contribution in [3.8, 4) is 0 Å². The minimum absolute atomic E-state index is 0.0658. The molecule has 200 valence electrons. The number of hydrogen-bond donors (Lipinski definition) is 1. The molecular formula is C25H35NO9S. The van der Waals surface area contributed by atoms with Crippen molar-refractivity contribution in [1.82, 2.24) is 5.32 Å². The number of ether oxygens (including phenoxy) is 5. The van der Waals surface area contributed by atoms with E-state index in [1.54, 1.807) is 12.1 Å². The molecule has 2 aromatic carbocycles. The number of alkyl carbamates (subject to hydrolysis) is 1. The highest BCUT2D eigenvalue weighted by atomic mass is 32.2. The second-order valence-electron chi connectivity index (χ2n) is 7.53. The summed E-state index contributed by atoms with van der Waals surface area (Å²) in [7, 11) is -3.77. The lowest BCUT2D eigenvalue weighted by Crippen LogP contribution is -2.28. The van der Waals surface area contributed by atoms with E-state index in [-0.39, 0.29) is 24.7 Å². The fourth-order valence-electron chi connectivity index (χ4n) is 2.74. The van der Waals surface area contributed by atoms with Crippen LogP contribution in [0.1, 0.15) is 11.1 Å². The SMILES string of the molecule is Cc1ccc(S(=O)(=O)OCCOCCOCCOCCOCCNC(=O)OCc2ccccc2)cc1. The zero-order chi connectivity index (χ0) is 25.9. The molecule has 0 aliphatic rings. The first-order valence-corrected chi connectivity index (χ1v) is 13.1. The molecular weight excluding hydrogens is 490 g/mol. The van der Waals surface area contributed by atoms with Gasteiger partial charge in [0, 0.05) is 6.54 Å². The van der Waals surface area contributed by atoms with E-state index in [1.807, 2.05) is 37.3 Å². The lowest BCUT2D eigenvalue weighted by atomic mass is 10.2. The second kappa shape index (κ2) is 17.8. The molecule has 2 aromatic rings. The summed E-state index contributed by atoms with van der Waals surface area (Å²) in [5.74, 6) is 0. The Hall–Kier alpha value is -2.54. The molecule has 11 heteroatoms. The third-order valence-electron chi connectivity index (χ3n) is 4.62. The predicted octanol–water partition coefficient (Wildman–Crippen LogP) is 2.69. The number of carbonyl (C=O) groups is 1. The van der Waals surface area contributed by atoms with Gasteiger partial charge in [-0.15, -0.1) is 0 Å². The van der Waals surface area contributed by atoms with Gasteiger partial charge in [-0.05, 0) is 24.6 Å². The quantitative estimate of drug-likeness (QED) is 0.218. The maximum atomic E-state index is 12.0. The molecule has 0 fully saturated rings. The molecule has 0 radical (unpaired) electrons. The van der Waals surface area contributed by atoms with Gasteiger partial charge in [0.2, 0.25) is 0 Å². The Morgan fingerprint density at radius 3 is 1.83 bits per heavy atom. The van der Waals surface area contributed by atoms with Gasteiger partial charge in [-0.2, -0.15) is 8.42 Å². The first-order chi connectivity index (χ1) is 17.5. The zero-order valence-electron chi connectivity index (χ0n) is 20.6. The van der Waals surface area contributed by atoms with Gasteiger partial charge in [0.25, 0.3) is 10.1 Å². The van der Waals surface area contributed by atoms with Crippen LogP contribution in [0, 0.1) is 6.92 Å². The molecule has 0 bridgehead atoms. The fourth-order valence-corrected chi connectivity index (χ4v) is 3.63. The molecule has 0 aliphatic heterocycles. The van der Waals surface area contributed by atoms with Crippen molar-refractivity contribution < 1.29 is 41.1 Å². The first-order valence-electron chi connectivity index (χ1n) is 11.7. The highest BCUT2D eigenvalue weighted by Crippen LogP contribution is 2.12. The van der Waals surface area contributed by atoms with E-state index >= 15 is 0 Å². The molecule has 0 unspecified atom stereocenters. The highest BCUT2D eigenvalue weighted by Gasteiger charge is 2.14. The van der Waals surface area contributed by atoms with E-state index < -0.39 is 16.2 Å². The standard InChI is InChI=1S/C25H35NO9S/c1-22-7-9-24(10-8-22)36(28,29)35-20-19-33-18-17-32-16-15-31-14-13-30-12-11-26-25(27)34-21-23-5-3-2-4-6-23/h2-10H,11-21H2,1H3,(H,26,27). The minimum atomic E-state index is -3.77. The lowest BCUT2D eigenvalue weighted by molar-refractivity contribution is -0.00409. The van der Waals surface area contributed by atoms with Crippen molar-refractivity contribution in [1.29, 1.82) is 0 Å². The molecule has 2 rings (SSSR count). The van der Waals surface area contributed by atoms with E-state index in [0.717, 1.165) is 11.1 Å². The normalized spacial score (nSPS) is 11.4. The molecule has 10 nitrogen and oxygen atoms in total. The molecule has 1 N–H and O–H groups in total. The van der Waals surface area contributed by atoms with Gasteiger partial charge in [0.05, 0.1) is 64.4 Å². The summed E-state index contributed by atoms with van der Waals surface area (Å²) in [6.45, 7) is 5.17. The second-order valence-corrected chi connectivity index (χ2v) is 9.14. The Bertz CT molecular complexity index is 953. The van der Waals surface area contributed by atoms with Crippen LogP contribution >= 0.6 is 0 Å². The van der Waals surface area contributed by atoms with Crippen LogP contribution in [0.3, 0.4) is 0 Å². The van der Waals surface area contributed by atoms with E-state index in [4.69, 9.17) is 27.9 Å². The van der Waals surface area contributed by atoms with Crippen molar-refractivity contribution in [2.24, 2.45) is 0 Å². The van der Waals surface area contributed by atoms with Crippen molar-refractivity contribution in [3.63, 3.8) is 0 Å². The highest BCUT2D eigenvalue weighted by molar-refractivity contribution is 7.86. The maximum absolute atomic E-state index is 12.0.